The third-order valence-electron chi connectivity index (χ3n) is 5.86. The van der Waals surface area contributed by atoms with Crippen molar-refractivity contribution < 1.29 is 31.8 Å². The van der Waals surface area contributed by atoms with Crippen LogP contribution in [0.25, 0.3) is 11.1 Å². The van der Waals surface area contributed by atoms with E-state index in [0.29, 0.717) is 6.07 Å². The molecule has 0 aliphatic carbocycles. The number of aliphatic carboxylic acids is 1. The van der Waals surface area contributed by atoms with Crippen LogP contribution in [0.5, 0.6) is 5.75 Å². The highest BCUT2D eigenvalue weighted by Crippen LogP contribution is 2.42. The van der Waals surface area contributed by atoms with E-state index in [4.69, 9.17) is 16.3 Å². The molecule has 0 spiro atoms. The summed E-state index contributed by atoms with van der Waals surface area (Å²) in [6, 6.07) is 12.6. The van der Waals surface area contributed by atoms with Crippen molar-refractivity contribution in [2.24, 2.45) is 5.92 Å². The predicted octanol–water partition coefficient (Wildman–Crippen LogP) is 5.66. The predicted molar refractivity (Wildman–Crippen MR) is 128 cm³/mol. The molecule has 3 aromatic rings. The first-order valence-corrected chi connectivity index (χ1v) is 12.6. The van der Waals surface area contributed by atoms with Crippen LogP contribution in [0, 0.1) is 24.5 Å². The van der Waals surface area contributed by atoms with Crippen molar-refractivity contribution in [2.45, 2.75) is 31.3 Å². The summed E-state index contributed by atoms with van der Waals surface area (Å²) in [7, 11) is -4.09. The summed E-state index contributed by atoms with van der Waals surface area (Å²) >= 11 is 6.08. The van der Waals surface area contributed by atoms with Crippen LogP contribution in [0.2, 0.25) is 5.02 Å². The smallest absolute Gasteiger partial charge is 0.303 e. The fourth-order valence-electron chi connectivity index (χ4n) is 4.04. The van der Waals surface area contributed by atoms with Crippen molar-refractivity contribution in [2.75, 3.05) is 10.8 Å². The largest absolute Gasteiger partial charge is 0.486 e. The third-order valence-corrected chi connectivity index (χ3v) is 8.02. The van der Waals surface area contributed by atoms with E-state index >= 15 is 0 Å². The Labute approximate surface area is 206 Å². The third kappa shape index (κ3) is 4.97. The van der Waals surface area contributed by atoms with Crippen molar-refractivity contribution in [3.05, 3.63) is 76.8 Å². The molecule has 0 amide bonds. The molecule has 0 saturated carbocycles. The quantitative estimate of drug-likeness (QED) is 0.423. The molecule has 0 bridgehead atoms. The topological polar surface area (TPSA) is 83.9 Å². The van der Waals surface area contributed by atoms with E-state index in [2.05, 4.69) is 0 Å². The van der Waals surface area contributed by atoms with Gasteiger partial charge in [0.15, 0.2) is 0 Å². The number of halogens is 3. The minimum atomic E-state index is -4.09. The molecule has 3 aromatic carbocycles. The molecule has 1 aliphatic rings. The molecule has 10 heteroatoms. The van der Waals surface area contributed by atoms with Gasteiger partial charge < -0.3 is 9.84 Å². The lowest BCUT2D eigenvalue weighted by Crippen LogP contribution is -2.46. The number of anilines is 1. The van der Waals surface area contributed by atoms with Crippen LogP contribution in [0.3, 0.4) is 0 Å². The van der Waals surface area contributed by atoms with Gasteiger partial charge >= 0.3 is 5.97 Å². The summed E-state index contributed by atoms with van der Waals surface area (Å²) < 4.78 is 62.6. The van der Waals surface area contributed by atoms with Gasteiger partial charge in [-0.25, -0.2) is 17.2 Å². The van der Waals surface area contributed by atoms with Gasteiger partial charge in [-0.15, -0.1) is 0 Å². The van der Waals surface area contributed by atoms with Gasteiger partial charge in [0.2, 0.25) is 0 Å². The molecule has 6 nitrogen and oxygen atoms in total. The van der Waals surface area contributed by atoms with E-state index < -0.39 is 39.6 Å². The number of benzene rings is 3. The van der Waals surface area contributed by atoms with Crippen molar-refractivity contribution in [1.82, 2.24) is 0 Å². The van der Waals surface area contributed by atoms with Crippen molar-refractivity contribution in [3.8, 4) is 16.9 Å². The molecular weight excluding hydrogens is 500 g/mol. The lowest BCUT2D eigenvalue weighted by molar-refractivity contribution is -0.138. The van der Waals surface area contributed by atoms with Crippen LogP contribution in [-0.4, -0.2) is 32.1 Å². The molecular formula is C25H22ClF2NO5S. The van der Waals surface area contributed by atoms with Gasteiger partial charge in [-0.1, -0.05) is 36.7 Å². The number of carboxylic acid groups (broad SMARTS) is 1. The molecule has 0 fully saturated rings. The number of carbonyl (C=O) groups is 1. The molecule has 1 N–H and O–H groups in total. The summed E-state index contributed by atoms with van der Waals surface area (Å²) in [6.07, 6.45) is -0.951. The van der Waals surface area contributed by atoms with E-state index in [1.807, 2.05) is 0 Å². The lowest BCUT2D eigenvalue weighted by Gasteiger charge is -2.38. The Kier molecular flexibility index (Phi) is 6.75. The molecule has 1 heterocycles. The number of hydrogen-bond acceptors (Lipinski definition) is 4. The Morgan fingerprint density at radius 1 is 1.20 bits per heavy atom. The molecule has 1 aliphatic heterocycles. The molecule has 0 unspecified atom stereocenters. The van der Waals surface area contributed by atoms with Crippen LogP contribution in [0.15, 0.2) is 59.5 Å². The maximum absolute atomic E-state index is 14.1. The number of rotatable bonds is 6. The highest BCUT2D eigenvalue weighted by atomic mass is 35.5. The van der Waals surface area contributed by atoms with Crippen molar-refractivity contribution in [3.63, 3.8) is 0 Å². The van der Waals surface area contributed by atoms with Gasteiger partial charge in [-0.3, -0.25) is 9.10 Å². The standard InChI is InChI=1S/C25H22ClF2NO5S/c1-14-4-3-5-18(8-14)35(32,33)29-13-23(15(2)9-24(30)31)34-22-7-6-16(10-21(22)29)19-11-17(27)12-20(28)25(19)26/h3-8,10-12,15,23H,9,13H2,1-2H3,(H,30,31)/t15-,23+/m0/s1. The Morgan fingerprint density at radius 3 is 2.63 bits per heavy atom. The van der Waals surface area contributed by atoms with Gasteiger partial charge in [0.25, 0.3) is 10.0 Å². The lowest BCUT2D eigenvalue weighted by atomic mass is 9.98. The van der Waals surface area contributed by atoms with E-state index in [9.17, 15) is 27.1 Å². The van der Waals surface area contributed by atoms with Crippen LogP contribution in [0.1, 0.15) is 18.9 Å². The minimum Gasteiger partial charge on any atom is -0.486 e. The van der Waals surface area contributed by atoms with Crippen LogP contribution in [-0.2, 0) is 14.8 Å². The summed E-state index contributed by atoms with van der Waals surface area (Å²) in [5.74, 6) is -3.10. The molecule has 4 rings (SSSR count). The fourth-order valence-corrected chi connectivity index (χ4v) is 5.84. The number of nitrogens with zero attached hydrogens (tertiary/aromatic N) is 1. The second kappa shape index (κ2) is 9.47. The number of carboxylic acids is 1. The van der Waals surface area contributed by atoms with Crippen LogP contribution in [0.4, 0.5) is 14.5 Å². The second-order valence-electron chi connectivity index (χ2n) is 8.52. The molecule has 0 aromatic heterocycles. The number of aryl methyl sites for hydroxylation is 1. The number of sulfonamides is 1. The number of fused-ring (bicyclic) bond motifs is 1. The summed E-state index contributed by atoms with van der Waals surface area (Å²) in [5.41, 5.74) is 1.24. The van der Waals surface area contributed by atoms with Gasteiger partial charge in [0.05, 0.1) is 28.6 Å². The SMILES string of the molecule is Cc1cccc(S(=O)(=O)N2C[C@H]([C@@H](C)CC(=O)O)Oc3ccc(-c4cc(F)cc(F)c4Cl)cc32)c1. The van der Waals surface area contributed by atoms with Gasteiger partial charge in [0.1, 0.15) is 23.5 Å². The summed E-state index contributed by atoms with van der Waals surface area (Å²) in [6.45, 7) is 3.29. The van der Waals surface area contributed by atoms with E-state index in [-0.39, 0.29) is 45.4 Å². The zero-order chi connectivity index (χ0) is 25.5. The maximum Gasteiger partial charge on any atom is 0.303 e. The minimum absolute atomic E-state index is 0.0511. The Morgan fingerprint density at radius 2 is 1.94 bits per heavy atom. The first-order chi connectivity index (χ1) is 16.5. The normalized spacial score (nSPS) is 16.4. The van der Waals surface area contributed by atoms with Crippen molar-refractivity contribution in [1.29, 1.82) is 0 Å². The maximum atomic E-state index is 14.1. The Balaban J connectivity index is 1.86. The van der Waals surface area contributed by atoms with Gasteiger partial charge in [-0.05, 0) is 48.4 Å². The monoisotopic (exact) mass is 521 g/mol. The second-order valence-corrected chi connectivity index (χ2v) is 10.8. The molecule has 0 radical (unpaired) electrons. The number of ether oxygens (including phenoxy) is 1. The van der Waals surface area contributed by atoms with Crippen LogP contribution < -0.4 is 9.04 Å². The fraction of sp³-hybridized carbons (Fsp3) is 0.240. The molecule has 0 saturated heterocycles. The highest BCUT2D eigenvalue weighted by molar-refractivity contribution is 7.92. The van der Waals surface area contributed by atoms with Gasteiger partial charge in [0, 0.05) is 17.5 Å². The Bertz CT molecular complexity index is 1410. The van der Waals surface area contributed by atoms with Crippen molar-refractivity contribution >= 4 is 33.3 Å². The zero-order valence-electron chi connectivity index (χ0n) is 18.8. The summed E-state index contributed by atoms with van der Waals surface area (Å²) in [5, 5.41) is 8.91. The summed E-state index contributed by atoms with van der Waals surface area (Å²) in [4.78, 5) is 11.3. The zero-order valence-corrected chi connectivity index (χ0v) is 20.4. The molecule has 2 atom stereocenters. The van der Waals surface area contributed by atoms with Gasteiger partial charge in [-0.2, -0.15) is 0 Å². The average molecular weight is 522 g/mol. The highest BCUT2D eigenvalue weighted by Gasteiger charge is 2.37. The van der Waals surface area contributed by atoms with E-state index in [0.717, 1.165) is 15.9 Å². The molecule has 184 valence electrons. The Hall–Kier alpha value is -3.17. The first-order valence-electron chi connectivity index (χ1n) is 10.7. The molecule has 35 heavy (non-hydrogen) atoms. The van der Waals surface area contributed by atoms with E-state index in [1.54, 1.807) is 26.0 Å². The number of hydrogen-bond donors (Lipinski definition) is 1. The van der Waals surface area contributed by atoms with E-state index in [1.165, 1.54) is 30.3 Å². The average Bonchev–Trinajstić information content (AvgIpc) is 2.79. The first kappa shape index (κ1) is 24.9. The van der Waals surface area contributed by atoms with Crippen LogP contribution >= 0.6 is 11.6 Å².